The van der Waals surface area contributed by atoms with Crippen molar-refractivity contribution >= 4 is 28.6 Å². The van der Waals surface area contributed by atoms with Crippen LogP contribution in [0.2, 0.25) is 0 Å². The second-order valence-corrected chi connectivity index (χ2v) is 10.4. The molecule has 0 saturated carbocycles. The Hall–Kier alpha value is -4.41. The van der Waals surface area contributed by atoms with Gasteiger partial charge < -0.3 is 9.47 Å². The molecular weight excluding hydrogens is 554 g/mol. The summed E-state index contributed by atoms with van der Waals surface area (Å²) in [5.41, 5.74) is 3.93. The zero-order chi connectivity index (χ0) is 29.8. The SMILES string of the molecule is CCc1nc2ccc(F)cc2n1-c1cccc2c1CCC2N(C(=O)C(F)(F)F)c1ccc2c(c1)OC[C@H]2CC(=O)OC. The summed E-state index contributed by atoms with van der Waals surface area (Å²) in [5.74, 6) is -2.12. The molecular formula is C31H27F4N3O4. The maximum atomic E-state index is 14.3. The van der Waals surface area contributed by atoms with Crippen molar-refractivity contribution in [3.05, 3.63) is 82.9 Å². The highest BCUT2D eigenvalue weighted by Gasteiger charge is 2.47. The van der Waals surface area contributed by atoms with Crippen molar-refractivity contribution in [2.75, 3.05) is 18.6 Å². The van der Waals surface area contributed by atoms with Crippen LogP contribution in [0.15, 0.2) is 54.6 Å². The number of aryl methyl sites for hydroxylation is 1. The molecule has 0 radical (unpaired) electrons. The highest BCUT2D eigenvalue weighted by atomic mass is 19.4. The molecule has 1 aromatic heterocycles. The summed E-state index contributed by atoms with van der Waals surface area (Å²) in [7, 11) is 1.28. The summed E-state index contributed by atoms with van der Waals surface area (Å²) in [5, 5.41) is 0. The lowest BCUT2D eigenvalue weighted by Crippen LogP contribution is -2.43. The van der Waals surface area contributed by atoms with E-state index in [0.717, 1.165) is 10.5 Å². The number of amides is 1. The van der Waals surface area contributed by atoms with Gasteiger partial charge in [-0.1, -0.05) is 25.1 Å². The highest BCUT2D eigenvalue weighted by Crippen LogP contribution is 2.45. The predicted octanol–water partition coefficient (Wildman–Crippen LogP) is 6.35. The molecule has 2 atom stereocenters. The first-order chi connectivity index (χ1) is 20.1. The van der Waals surface area contributed by atoms with Gasteiger partial charge in [0.25, 0.3) is 0 Å². The highest BCUT2D eigenvalue weighted by molar-refractivity contribution is 5.98. The molecule has 3 aromatic carbocycles. The molecule has 1 unspecified atom stereocenters. The zero-order valence-electron chi connectivity index (χ0n) is 22.9. The number of fused-ring (bicyclic) bond motifs is 3. The van der Waals surface area contributed by atoms with E-state index in [4.69, 9.17) is 9.47 Å². The van der Waals surface area contributed by atoms with Crippen LogP contribution in [0.3, 0.4) is 0 Å². The quantitative estimate of drug-likeness (QED) is 0.196. The first-order valence-electron chi connectivity index (χ1n) is 13.6. The van der Waals surface area contributed by atoms with Crippen molar-refractivity contribution in [1.29, 1.82) is 0 Å². The van der Waals surface area contributed by atoms with E-state index in [0.29, 0.717) is 52.3 Å². The number of hydrogen-bond donors (Lipinski definition) is 0. The Morgan fingerprint density at radius 3 is 2.67 bits per heavy atom. The molecule has 2 heterocycles. The van der Waals surface area contributed by atoms with Crippen LogP contribution in [0, 0.1) is 5.82 Å². The summed E-state index contributed by atoms with van der Waals surface area (Å²) in [6, 6.07) is 13.2. The average Bonchev–Trinajstić information content (AvgIpc) is 3.67. The van der Waals surface area contributed by atoms with Crippen LogP contribution < -0.4 is 9.64 Å². The lowest BCUT2D eigenvalue weighted by atomic mass is 9.97. The van der Waals surface area contributed by atoms with Gasteiger partial charge in [0.15, 0.2) is 0 Å². The molecule has 11 heteroatoms. The molecule has 1 aliphatic carbocycles. The molecule has 0 saturated heterocycles. The Morgan fingerprint density at radius 2 is 1.93 bits per heavy atom. The summed E-state index contributed by atoms with van der Waals surface area (Å²) < 4.78 is 68.6. The fourth-order valence-electron chi connectivity index (χ4n) is 6.14. The minimum absolute atomic E-state index is 0.0439. The Morgan fingerprint density at radius 1 is 1.12 bits per heavy atom. The topological polar surface area (TPSA) is 73.7 Å². The maximum absolute atomic E-state index is 14.3. The standard InChI is InChI=1S/C31H27F4N3O4/c1-3-28-36-23-11-7-18(32)14-26(23)38(28)24-6-4-5-21-22(24)10-12-25(21)37(30(40)31(33,34)35)19-8-9-20-17(13-29(39)41-2)16-42-27(20)15-19/h4-9,11,14-15,17,25H,3,10,12-13,16H2,1-2H3/t17-,25?/m1/s1. The fourth-order valence-corrected chi connectivity index (χ4v) is 6.14. The number of carbonyl (C=O) groups is 2. The van der Waals surface area contributed by atoms with Gasteiger partial charge in [-0.25, -0.2) is 9.37 Å². The van der Waals surface area contributed by atoms with E-state index in [2.05, 4.69) is 4.98 Å². The summed E-state index contributed by atoms with van der Waals surface area (Å²) in [4.78, 5) is 30.2. The van der Waals surface area contributed by atoms with Crippen LogP contribution in [-0.2, 0) is 27.2 Å². The second-order valence-electron chi connectivity index (χ2n) is 10.4. The Balaban J connectivity index is 1.44. The van der Waals surface area contributed by atoms with Gasteiger partial charge in [-0.15, -0.1) is 0 Å². The van der Waals surface area contributed by atoms with E-state index in [1.807, 2.05) is 17.6 Å². The minimum Gasteiger partial charge on any atom is -0.493 e. The van der Waals surface area contributed by atoms with E-state index in [1.165, 1.54) is 31.4 Å². The van der Waals surface area contributed by atoms with Crippen molar-refractivity contribution in [2.24, 2.45) is 0 Å². The number of nitrogens with zero attached hydrogens (tertiary/aromatic N) is 3. The van der Waals surface area contributed by atoms with Crippen molar-refractivity contribution in [3.63, 3.8) is 0 Å². The number of anilines is 1. The lowest BCUT2D eigenvalue weighted by molar-refractivity contribution is -0.171. The number of halogens is 4. The number of benzene rings is 3. The van der Waals surface area contributed by atoms with Crippen LogP contribution in [0.4, 0.5) is 23.2 Å². The summed E-state index contributed by atoms with van der Waals surface area (Å²) >= 11 is 0. The van der Waals surface area contributed by atoms with Crippen molar-refractivity contribution in [3.8, 4) is 11.4 Å². The third-order valence-electron chi connectivity index (χ3n) is 8.03. The first kappa shape index (κ1) is 27.7. The Labute approximate surface area is 238 Å². The number of esters is 1. The van der Waals surface area contributed by atoms with Gasteiger partial charge in [-0.2, -0.15) is 13.2 Å². The Bertz CT molecular complexity index is 1710. The minimum atomic E-state index is -5.12. The number of rotatable bonds is 6. The molecule has 0 fully saturated rings. The summed E-state index contributed by atoms with van der Waals surface area (Å²) in [6.07, 6.45) is -3.85. The van der Waals surface area contributed by atoms with E-state index < -0.39 is 29.9 Å². The fraction of sp³-hybridized carbons (Fsp3) is 0.323. The normalized spacial score (nSPS) is 17.6. The van der Waals surface area contributed by atoms with Gasteiger partial charge in [-0.3, -0.25) is 19.1 Å². The van der Waals surface area contributed by atoms with Gasteiger partial charge in [0, 0.05) is 35.7 Å². The molecule has 1 aliphatic heterocycles. The number of imidazole rings is 1. The van der Waals surface area contributed by atoms with Crippen LogP contribution in [-0.4, -0.2) is 41.3 Å². The third-order valence-corrected chi connectivity index (χ3v) is 8.03. The molecule has 0 bridgehead atoms. The predicted molar refractivity (Wildman–Crippen MR) is 146 cm³/mol. The van der Waals surface area contributed by atoms with E-state index in [-0.39, 0.29) is 31.1 Å². The van der Waals surface area contributed by atoms with Gasteiger partial charge in [-0.05, 0) is 48.2 Å². The zero-order valence-corrected chi connectivity index (χ0v) is 22.9. The molecule has 218 valence electrons. The van der Waals surface area contributed by atoms with E-state index in [1.54, 1.807) is 24.3 Å². The number of hydrogen-bond acceptors (Lipinski definition) is 5. The first-order valence-corrected chi connectivity index (χ1v) is 13.6. The Kier molecular flexibility index (Phi) is 6.90. The van der Waals surface area contributed by atoms with Crippen LogP contribution >= 0.6 is 0 Å². The van der Waals surface area contributed by atoms with Gasteiger partial charge in [0.05, 0.1) is 42.9 Å². The molecule has 0 N–H and O–H groups in total. The van der Waals surface area contributed by atoms with Gasteiger partial charge in [0.1, 0.15) is 17.4 Å². The van der Waals surface area contributed by atoms with Crippen molar-refractivity contribution in [1.82, 2.24) is 9.55 Å². The molecule has 6 rings (SSSR count). The molecule has 42 heavy (non-hydrogen) atoms. The number of carbonyl (C=O) groups excluding carboxylic acids is 2. The monoisotopic (exact) mass is 581 g/mol. The summed E-state index contributed by atoms with van der Waals surface area (Å²) in [6.45, 7) is 2.10. The van der Waals surface area contributed by atoms with Crippen molar-refractivity contribution in [2.45, 2.75) is 50.7 Å². The maximum Gasteiger partial charge on any atom is 0.471 e. The number of methoxy groups -OCH3 is 1. The van der Waals surface area contributed by atoms with E-state index in [9.17, 15) is 27.2 Å². The molecule has 4 aromatic rings. The third kappa shape index (κ3) is 4.66. The average molecular weight is 582 g/mol. The smallest absolute Gasteiger partial charge is 0.471 e. The van der Waals surface area contributed by atoms with Crippen LogP contribution in [0.25, 0.3) is 16.7 Å². The number of aromatic nitrogens is 2. The number of alkyl halides is 3. The molecule has 0 spiro atoms. The largest absolute Gasteiger partial charge is 0.493 e. The van der Waals surface area contributed by atoms with Gasteiger partial charge in [0.2, 0.25) is 0 Å². The van der Waals surface area contributed by atoms with Crippen LogP contribution in [0.1, 0.15) is 54.2 Å². The van der Waals surface area contributed by atoms with Gasteiger partial charge >= 0.3 is 18.1 Å². The molecule has 1 amide bonds. The molecule has 7 nitrogen and oxygen atoms in total. The lowest BCUT2D eigenvalue weighted by Gasteiger charge is -2.31. The number of ether oxygens (including phenoxy) is 2. The van der Waals surface area contributed by atoms with E-state index >= 15 is 0 Å². The van der Waals surface area contributed by atoms with Crippen LogP contribution in [0.5, 0.6) is 5.75 Å². The molecule has 2 aliphatic rings. The van der Waals surface area contributed by atoms with Crippen molar-refractivity contribution < 1.29 is 36.6 Å². The second kappa shape index (κ2) is 10.5.